The summed E-state index contributed by atoms with van der Waals surface area (Å²) in [6.45, 7) is 3.73. The van der Waals surface area contributed by atoms with E-state index in [1.165, 1.54) is 18.2 Å². The van der Waals surface area contributed by atoms with E-state index >= 15 is 0 Å². The quantitative estimate of drug-likeness (QED) is 0.883. The van der Waals surface area contributed by atoms with Crippen LogP contribution in [0.4, 0.5) is 8.78 Å². The van der Waals surface area contributed by atoms with Gasteiger partial charge in [-0.05, 0) is 55.8 Å². The van der Waals surface area contributed by atoms with Crippen LogP contribution >= 0.6 is 0 Å². The first-order valence-corrected chi connectivity index (χ1v) is 6.22. The summed E-state index contributed by atoms with van der Waals surface area (Å²) >= 11 is 0. The SMILES string of the molecule is CNC(c1cccc(F)c1)c1c(C)cc(C)cc1F. The molecule has 0 saturated heterocycles. The zero-order valence-electron chi connectivity index (χ0n) is 11.3. The lowest BCUT2D eigenvalue weighted by Gasteiger charge is -2.20. The molecule has 0 saturated carbocycles. The number of aryl methyl sites for hydroxylation is 2. The molecule has 2 rings (SSSR count). The Labute approximate surface area is 112 Å². The van der Waals surface area contributed by atoms with Gasteiger partial charge in [-0.25, -0.2) is 8.78 Å². The minimum absolute atomic E-state index is 0.263. The lowest BCUT2D eigenvalue weighted by Crippen LogP contribution is -2.20. The summed E-state index contributed by atoms with van der Waals surface area (Å²) in [5.74, 6) is -0.580. The van der Waals surface area contributed by atoms with Gasteiger partial charge in [0.25, 0.3) is 0 Å². The fourth-order valence-electron chi connectivity index (χ4n) is 2.46. The second-order valence-electron chi connectivity index (χ2n) is 4.75. The summed E-state index contributed by atoms with van der Waals surface area (Å²) in [7, 11) is 1.74. The van der Waals surface area contributed by atoms with Gasteiger partial charge < -0.3 is 5.32 Å². The summed E-state index contributed by atoms with van der Waals surface area (Å²) in [6, 6.07) is 9.33. The first-order chi connectivity index (χ1) is 9.02. The number of halogens is 2. The van der Waals surface area contributed by atoms with Gasteiger partial charge in [-0.2, -0.15) is 0 Å². The Hall–Kier alpha value is -1.74. The van der Waals surface area contributed by atoms with Crippen LogP contribution in [0.25, 0.3) is 0 Å². The average Bonchev–Trinajstić information content (AvgIpc) is 2.33. The smallest absolute Gasteiger partial charge is 0.128 e. The molecule has 2 aromatic carbocycles. The van der Waals surface area contributed by atoms with Gasteiger partial charge in [-0.15, -0.1) is 0 Å². The molecule has 0 radical (unpaired) electrons. The molecule has 3 heteroatoms. The van der Waals surface area contributed by atoms with E-state index in [1.807, 2.05) is 19.9 Å². The van der Waals surface area contributed by atoms with Crippen molar-refractivity contribution in [3.63, 3.8) is 0 Å². The lowest BCUT2D eigenvalue weighted by atomic mass is 9.93. The van der Waals surface area contributed by atoms with E-state index in [9.17, 15) is 8.78 Å². The predicted molar refractivity (Wildman–Crippen MR) is 73.2 cm³/mol. The van der Waals surface area contributed by atoms with E-state index in [4.69, 9.17) is 0 Å². The van der Waals surface area contributed by atoms with Crippen LogP contribution in [0.2, 0.25) is 0 Å². The Morgan fingerprint density at radius 1 is 1.05 bits per heavy atom. The van der Waals surface area contributed by atoms with Gasteiger partial charge in [-0.3, -0.25) is 0 Å². The van der Waals surface area contributed by atoms with Gasteiger partial charge in [-0.1, -0.05) is 18.2 Å². The molecule has 100 valence electrons. The van der Waals surface area contributed by atoms with Crippen LogP contribution in [0.15, 0.2) is 36.4 Å². The highest BCUT2D eigenvalue weighted by Crippen LogP contribution is 2.28. The monoisotopic (exact) mass is 261 g/mol. The zero-order chi connectivity index (χ0) is 14.0. The van der Waals surface area contributed by atoms with Crippen molar-refractivity contribution in [2.24, 2.45) is 0 Å². The van der Waals surface area contributed by atoms with Crippen LogP contribution in [0.3, 0.4) is 0 Å². The Morgan fingerprint density at radius 2 is 1.79 bits per heavy atom. The summed E-state index contributed by atoms with van der Waals surface area (Å²) in [6.07, 6.45) is 0. The average molecular weight is 261 g/mol. The first kappa shape index (κ1) is 13.7. The molecule has 0 fully saturated rings. The van der Waals surface area contributed by atoms with Crippen LogP contribution in [0.1, 0.15) is 28.3 Å². The second-order valence-corrected chi connectivity index (χ2v) is 4.75. The highest BCUT2D eigenvalue weighted by Gasteiger charge is 2.19. The number of nitrogens with one attached hydrogen (secondary N) is 1. The van der Waals surface area contributed by atoms with Gasteiger partial charge in [0.1, 0.15) is 11.6 Å². The minimum Gasteiger partial charge on any atom is -0.309 e. The van der Waals surface area contributed by atoms with Crippen LogP contribution in [0, 0.1) is 25.5 Å². The van der Waals surface area contributed by atoms with E-state index in [-0.39, 0.29) is 17.7 Å². The topological polar surface area (TPSA) is 12.0 Å². The number of hydrogen-bond donors (Lipinski definition) is 1. The fraction of sp³-hybridized carbons (Fsp3) is 0.250. The fourth-order valence-corrected chi connectivity index (χ4v) is 2.46. The largest absolute Gasteiger partial charge is 0.309 e. The van der Waals surface area contributed by atoms with Crippen molar-refractivity contribution in [1.82, 2.24) is 5.32 Å². The summed E-state index contributed by atoms with van der Waals surface area (Å²) in [5.41, 5.74) is 3.03. The maximum absolute atomic E-state index is 14.2. The molecule has 0 spiro atoms. The molecule has 2 aromatic rings. The van der Waals surface area contributed by atoms with E-state index in [2.05, 4.69) is 5.32 Å². The molecule has 0 bridgehead atoms. The Balaban J connectivity index is 2.54. The van der Waals surface area contributed by atoms with Crippen molar-refractivity contribution in [2.45, 2.75) is 19.9 Å². The van der Waals surface area contributed by atoms with Crippen molar-refractivity contribution in [3.05, 3.63) is 70.3 Å². The van der Waals surface area contributed by atoms with Gasteiger partial charge in [0.15, 0.2) is 0 Å². The van der Waals surface area contributed by atoms with Crippen LogP contribution in [-0.4, -0.2) is 7.05 Å². The van der Waals surface area contributed by atoms with Gasteiger partial charge in [0.05, 0.1) is 6.04 Å². The van der Waals surface area contributed by atoms with Crippen LogP contribution in [0.5, 0.6) is 0 Å². The summed E-state index contributed by atoms with van der Waals surface area (Å²) in [4.78, 5) is 0. The van der Waals surface area contributed by atoms with Crippen molar-refractivity contribution in [3.8, 4) is 0 Å². The Morgan fingerprint density at radius 3 is 2.37 bits per heavy atom. The summed E-state index contributed by atoms with van der Waals surface area (Å²) in [5, 5.41) is 3.06. The van der Waals surface area contributed by atoms with Gasteiger partial charge >= 0.3 is 0 Å². The molecule has 0 amide bonds. The molecular formula is C16H17F2N. The predicted octanol–water partition coefficient (Wildman–Crippen LogP) is 3.89. The molecule has 1 nitrogen and oxygen atoms in total. The second kappa shape index (κ2) is 5.49. The molecule has 0 aliphatic heterocycles. The van der Waals surface area contributed by atoms with Crippen molar-refractivity contribution >= 4 is 0 Å². The number of rotatable bonds is 3. The molecule has 0 aliphatic rings. The third-order valence-electron chi connectivity index (χ3n) is 3.24. The molecule has 1 N–H and O–H groups in total. The molecule has 19 heavy (non-hydrogen) atoms. The maximum atomic E-state index is 14.2. The van der Waals surface area contributed by atoms with E-state index in [0.717, 1.165) is 11.1 Å². The normalized spacial score (nSPS) is 12.5. The molecular weight excluding hydrogens is 244 g/mol. The van der Waals surface area contributed by atoms with Crippen molar-refractivity contribution in [1.29, 1.82) is 0 Å². The van der Waals surface area contributed by atoms with E-state index in [0.29, 0.717) is 11.1 Å². The molecule has 0 aromatic heterocycles. The summed E-state index contributed by atoms with van der Waals surface area (Å²) < 4.78 is 27.5. The molecule has 1 unspecified atom stereocenters. The minimum atomic E-state index is -0.351. The maximum Gasteiger partial charge on any atom is 0.128 e. The Kier molecular flexibility index (Phi) is 3.96. The van der Waals surface area contributed by atoms with Gasteiger partial charge in [0.2, 0.25) is 0 Å². The zero-order valence-corrected chi connectivity index (χ0v) is 11.3. The first-order valence-electron chi connectivity index (χ1n) is 6.22. The van der Waals surface area contributed by atoms with E-state index in [1.54, 1.807) is 19.2 Å². The molecule has 0 aliphatic carbocycles. The van der Waals surface area contributed by atoms with E-state index < -0.39 is 0 Å². The van der Waals surface area contributed by atoms with Crippen LogP contribution in [-0.2, 0) is 0 Å². The van der Waals surface area contributed by atoms with Crippen LogP contribution < -0.4 is 5.32 Å². The molecule has 0 heterocycles. The number of hydrogen-bond acceptors (Lipinski definition) is 1. The van der Waals surface area contributed by atoms with Crippen molar-refractivity contribution < 1.29 is 8.78 Å². The van der Waals surface area contributed by atoms with Crippen molar-refractivity contribution in [2.75, 3.05) is 7.05 Å². The molecule has 1 atom stereocenters. The third kappa shape index (κ3) is 2.82. The number of benzene rings is 2. The standard InChI is InChI=1S/C16H17F2N/c1-10-7-11(2)15(14(18)8-10)16(19-3)12-5-4-6-13(17)9-12/h4-9,16,19H,1-3H3. The Bertz CT molecular complexity index is 570. The van der Waals surface area contributed by atoms with Gasteiger partial charge in [0, 0.05) is 5.56 Å². The lowest BCUT2D eigenvalue weighted by molar-refractivity contribution is 0.567. The highest BCUT2D eigenvalue weighted by atomic mass is 19.1. The highest BCUT2D eigenvalue weighted by molar-refractivity contribution is 5.40. The third-order valence-corrected chi connectivity index (χ3v) is 3.24.